The van der Waals surface area contributed by atoms with Crippen LogP contribution in [0.15, 0.2) is 83.7 Å². The van der Waals surface area contributed by atoms with Crippen molar-refractivity contribution in [3.63, 3.8) is 0 Å². The number of nitrogens with zero attached hydrogens (tertiary/aromatic N) is 2. The minimum atomic E-state index is -0.332. The van der Waals surface area contributed by atoms with E-state index in [-0.39, 0.29) is 29.8 Å². The second kappa shape index (κ2) is 10.5. The van der Waals surface area contributed by atoms with Crippen LogP contribution >= 0.6 is 0 Å². The molecule has 1 aliphatic heterocycles. The molecule has 0 saturated carbocycles. The first-order chi connectivity index (χ1) is 17.2. The average Bonchev–Trinajstić information content (AvgIpc) is 3.43. The molecule has 7 heteroatoms. The quantitative estimate of drug-likeness (QED) is 0.423. The average molecular weight is 470 g/mol. The van der Waals surface area contributed by atoms with Crippen LogP contribution < -0.4 is 15.6 Å². The molecule has 35 heavy (non-hydrogen) atoms. The van der Waals surface area contributed by atoms with Gasteiger partial charge in [0.05, 0.1) is 18.0 Å². The Balaban J connectivity index is 1.30. The predicted molar refractivity (Wildman–Crippen MR) is 134 cm³/mol. The van der Waals surface area contributed by atoms with Crippen LogP contribution in [0.4, 0.5) is 0 Å². The Morgan fingerprint density at radius 1 is 0.971 bits per heavy atom. The largest absolute Gasteiger partial charge is 0.491 e. The number of carbonyl (C=O) groups is 1. The molecule has 1 saturated heterocycles. The third-order valence-corrected chi connectivity index (χ3v) is 6.09. The molecule has 0 radical (unpaired) electrons. The van der Waals surface area contributed by atoms with Gasteiger partial charge in [0.2, 0.25) is 0 Å². The Morgan fingerprint density at radius 2 is 1.71 bits per heavy atom. The van der Waals surface area contributed by atoms with E-state index in [9.17, 15) is 9.59 Å². The van der Waals surface area contributed by atoms with Crippen LogP contribution in [0, 0.1) is 0 Å². The van der Waals surface area contributed by atoms with E-state index in [4.69, 9.17) is 9.47 Å². The van der Waals surface area contributed by atoms with Gasteiger partial charge in [0.25, 0.3) is 11.5 Å². The molecule has 1 amide bonds. The van der Waals surface area contributed by atoms with Crippen molar-refractivity contribution in [2.45, 2.75) is 32.0 Å². The Labute approximate surface area is 203 Å². The van der Waals surface area contributed by atoms with Gasteiger partial charge in [0, 0.05) is 18.5 Å². The van der Waals surface area contributed by atoms with Gasteiger partial charge in [-0.05, 0) is 42.2 Å². The van der Waals surface area contributed by atoms with E-state index in [2.05, 4.69) is 10.4 Å². The van der Waals surface area contributed by atoms with Crippen molar-refractivity contribution in [1.82, 2.24) is 15.1 Å². The Kier molecular flexibility index (Phi) is 6.86. The number of benzene rings is 3. The van der Waals surface area contributed by atoms with Gasteiger partial charge in [-0.15, -0.1) is 0 Å². The summed E-state index contributed by atoms with van der Waals surface area (Å²) in [5.41, 5.74) is 1.88. The summed E-state index contributed by atoms with van der Waals surface area (Å²) in [5, 5.41) is 8.39. The van der Waals surface area contributed by atoms with Crippen molar-refractivity contribution < 1.29 is 14.3 Å². The molecule has 0 bridgehead atoms. The number of hydrogen-bond donors (Lipinski definition) is 1. The number of aromatic nitrogens is 2. The molecule has 5 rings (SSSR count). The molecule has 7 nitrogen and oxygen atoms in total. The summed E-state index contributed by atoms with van der Waals surface area (Å²) in [6, 6.07) is 24.3. The summed E-state index contributed by atoms with van der Waals surface area (Å²) in [7, 11) is 0. The first-order valence-electron chi connectivity index (χ1n) is 11.8. The van der Waals surface area contributed by atoms with Crippen LogP contribution in [-0.4, -0.2) is 35.0 Å². The van der Waals surface area contributed by atoms with Crippen molar-refractivity contribution in [2.24, 2.45) is 0 Å². The fourth-order valence-electron chi connectivity index (χ4n) is 4.20. The van der Waals surface area contributed by atoms with E-state index in [1.54, 1.807) is 24.3 Å². The van der Waals surface area contributed by atoms with E-state index in [0.29, 0.717) is 23.9 Å². The molecule has 1 atom stereocenters. The van der Waals surface area contributed by atoms with Crippen LogP contribution in [0.25, 0.3) is 10.8 Å². The van der Waals surface area contributed by atoms with Gasteiger partial charge in [-0.25, -0.2) is 4.68 Å². The molecule has 1 aromatic heterocycles. The smallest absolute Gasteiger partial charge is 0.274 e. The van der Waals surface area contributed by atoms with E-state index in [1.807, 2.05) is 54.6 Å². The number of amides is 1. The van der Waals surface area contributed by atoms with Gasteiger partial charge in [-0.2, -0.15) is 5.10 Å². The minimum Gasteiger partial charge on any atom is -0.491 e. The second-order valence-electron chi connectivity index (χ2n) is 8.62. The minimum absolute atomic E-state index is 0.168. The maximum absolute atomic E-state index is 13.1. The van der Waals surface area contributed by atoms with Gasteiger partial charge in [0.1, 0.15) is 12.4 Å². The molecule has 178 valence electrons. The maximum Gasteiger partial charge on any atom is 0.274 e. The van der Waals surface area contributed by atoms with Gasteiger partial charge < -0.3 is 14.8 Å². The van der Waals surface area contributed by atoms with Crippen molar-refractivity contribution in [3.8, 4) is 5.75 Å². The highest BCUT2D eigenvalue weighted by Gasteiger charge is 2.17. The van der Waals surface area contributed by atoms with Crippen LogP contribution in [0.3, 0.4) is 0 Å². The summed E-state index contributed by atoms with van der Waals surface area (Å²) >= 11 is 0. The zero-order valence-electron chi connectivity index (χ0n) is 19.4. The van der Waals surface area contributed by atoms with E-state index < -0.39 is 0 Å². The number of ether oxygens (including phenoxy) is 2. The van der Waals surface area contributed by atoms with E-state index >= 15 is 0 Å². The van der Waals surface area contributed by atoms with Crippen LogP contribution in [0.5, 0.6) is 5.75 Å². The van der Waals surface area contributed by atoms with Crippen molar-refractivity contribution in [2.75, 3.05) is 13.2 Å². The van der Waals surface area contributed by atoms with E-state index in [1.165, 1.54) is 4.68 Å². The third-order valence-electron chi connectivity index (χ3n) is 6.09. The maximum atomic E-state index is 13.1. The van der Waals surface area contributed by atoms with Crippen molar-refractivity contribution in [1.29, 1.82) is 0 Å². The zero-order valence-corrected chi connectivity index (χ0v) is 19.4. The fraction of sp³-hybridized carbons (Fsp3) is 0.250. The zero-order chi connectivity index (χ0) is 24.0. The molecule has 0 spiro atoms. The molecule has 1 N–H and O–H groups in total. The lowest BCUT2D eigenvalue weighted by Gasteiger charge is -2.13. The standard InChI is InChI=1S/C28H27N3O4/c32-27(29-17-20-12-14-22(15-13-20)35-19-23-9-6-16-34-23)26-24-10-4-5-11-25(24)28(33)31(30-26)18-21-7-2-1-3-8-21/h1-5,7-8,10-15,23H,6,9,16-19H2,(H,29,32). The molecule has 4 aromatic rings. The predicted octanol–water partition coefficient (Wildman–Crippen LogP) is 3.93. The first kappa shape index (κ1) is 22.8. The summed E-state index contributed by atoms with van der Waals surface area (Å²) in [5.74, 6) is 0.443. The van der Waals surface area contributed by atoms with Gasteiger partial charge in [-0.3, -0.25) is 9.59 Å². The highest BCUT2D eigenvalue weighted by molar-refractivity contribution is 6.04. The molecular formula is C28H27N3O4. The number of fused-ring (bicyclic) bond motifs is 1. The van der Waals surface area contributed by atoms with Crippen LogP contribution in [0.1, 0.15) is 34.5 Å². The summed E-state index contributed by atoms with van der Waals surface area (Å²) in [4.78, 5) is 26.1. The second-order valence-corrected chi connectivity index (χ2v) is 8.62. The summed E-state index contributed by atoms with van der Waals surface area (Å²) in [6.45, 7) is 1.98. The highest BCUT2D eigenvalue weighted by Crippen LogP contribution is 2.17. The molecule has 3 aromatic carbocycles. The lowest BCUT2D eigenvalue weighted by atomic mass is 10.1. The number of carbonyl (C=O) groups excluding carboxylic acids is 1. The third kappa shape index (κ3) is 5.41. The van der Waals surface area contributed by atoms with E-state index in [0.717, 1.165) is 36.3 Å². The monoisotopic (exact) mass is 469 g/mol. The topological polar surface area (TPSA) is 82.4 Å². The molecule has 1 unspecified atom stereocenters. The Hall–Kier alpha value is -3.97. The number of rotatable bonds is 8. The lowest BCUT2D eigenvalue weighted by molar-refractivity contribution is 0.0679. The normalized spacial score (nSPS) is 15.3. The Morgan fingerprint density at radius 3 is 2.46 bits per heavy atom. The number of nitrogens with one attached hydrogen (secondary N) is 1. The summed E-state index contributed by atoms with van der Waals surface area (Å²) in [6.07, 6.45) is 2.29. The molecular weight excluding hydrogens is 442 g/mol. The summed E-state index contributed by atoms with van der Waals surface area (Å²) < 4.78 is 12.7. The molecule has 1 fully saturated rings. The number of hydrogen-bond acceptors (Lipinski definition) is 5. The molecule has 0 aliphatic carbocycles. The van der Waals surface area contributed by atoms with Crippen LogP contribution in [0.2, 0.25) is 0 Å². The molecule has 2 heterocycles. The Bertz CT molecular complexity index is 1360. The fourth-order valence-corrected chi connectivity index (χ4v) is 4.20. The lowest BCUT2D eigenvalue weighted by Crippen LogP contribution is -2.30. The van der Waals surface area contributed by atoms with Gasteiger partial charge in [-0.1, -0.05) is 60.7 Å². The molecule has 1 aliphatic rings. The van der Waals surface area contributed by atoms with Gasteiger partial charge in [0.15, 0.2) is 5.69 Å². The van der Waals surface area contributed by atoms with Crippen molar-refractivity contribution >= 4 is 16.7 Å². The SMILES string of the molecule is O=C(NCc1ccc(OCC2CCCO2)cc1)c1nn(Cc2ccccc2)c(=O)c2ccccc12. The van der Waals surface area contributed by atoms with Gasteiger partial charge >= 0.3 is 0 Å². The first-order valence-corrected chi connectivity index (χ1v) is 11.8. The van der Waals surface area contributed by atoms with Crippen molar-refractivity contribution in [3.05, 3.63) is 106 Å². The highest BCUT2D eigenvalue weighted by atomic mass is 16.5. The van der Waals surface area contributed by atoms with Crippen LogP contribution in [-0.2, 0) is 17.8 Å².